The first-order valence-electron chi connectivity index (χ1n) is 5.70. The summed E-state index contributed by atoms with van der Waals surface area (Å²) in [7, 11) is 1.57. The first-order chi connectivity index (χ1) is 8.61. The van der Waals surface area contributed by atoms with Crippen molar-refractivity contribution in [1.82, 2.24) is 0 Å². The van der Waals surface area contributed by atoms with Crippen molar-refractivity contribution in [2.45, 2.75) is 13.0 Å². The van der Waals surface area contributed by atoms with Gasteiger partial charge in [-0.25, -0.2) is 4.39 Å². The summed E-state index contributed by atoms with van der Waals surface area (Å²) in [5, 5.41) is 10.1. The Morgan fingerprint density at radius 1 is 1.11 bits per heavy atom. The molecule has 1 N–H and O–H groups in total. The highest BCUT2D eigenvalue weighted by Gasteiger charge is 2.14. The number of aryl methyl sites for hydroxylation is 1. The normalized spacial score (nSPS) is 12.2. The molecule has 0 saturated heterocycles. The summed E-state index contributed by atoms with van der Waals surface area (Å²) in [6.45, 7) is 1.81. The fourth-order valence-electron chi connectivity index (χ4n) is 1.82. The van der Waals surface area contributed by atoms with E-state index < -0.39 is 11.9 Å². The largest absolute Gasteiger partial charge is 0.497 e. The predicted molar refractivity (Wildman–Crippen MR) is 68.2 cm³/mol. The van der Waals surface area contributed by atoms with Gasteiger partial charge in [-0.1, -0.05) is 24.3 Å². The van der Waals surface area contributed by atoms with E-state index in [1.165, 1.54) is 6.07 Å². The number of aliphatic hydroxyl groups is 1. The predicted octanol–water partition coefficient (Wildman–Crippen LogP) is 3.22. The van der Waals surface area contributed by atoms with Crippen molar-refractivity contribution in [3.05, 3.63) is 65.0 Å². The van der Waals surface area contributed by atoms with E-state index in [0.29, 0.717) is 11.3 Å². The highest BCUT2D eigenvalue weighted by atomic mass is 19.1. The summed E-state index contributed by atoms with van der Waals surface area (Å²) >= 11 is 0. The van der Waals surface area contributed by atoms with Gasteiger partial charge in [0, 0.05) is 5.56 Å². The Morgan fingerprint density at radius 2 is 1.78 bits per heavy atom. The molecule has 3 heteroatoms. The molecule has 2 nitrogen and oxygen atoms in total. The topological polar surface area (TPSA) is 29.5 Å². The minimum atomic E-state index is -0.962. The van der Waals surface area contributed by atoms with E-state index in [9.17, 15) is 9.50 Å². The quantitative estimate of drug-likeness (QED) is 0.901. The number of rotatable bonds is 3. The molecule has 0 aliphatic carbocycles. The fraction of sp³-hybridized carbons (Fsp3) is 0.200. The molecule has 1 unspecified atom stereocenters. The molecule has 0 bridgehead atoms. The Morgan fingerprint density at radius 3 is 2.33 bits per heavy atom. The first kappa shape index (κ1) is 12.6. The van der Waals surface area contributed by atoms with Crippen LogP contribution in [0.15, 0.2) is 42.5 Å². The number of ether oxygens (including phenoxy) is 1. The van der Waals surface area contributed by atoms with E-state index in [0.717, 1.165) is 5.56 Å². The summed E-state index contributed by atoms with van der Waals surface area (Å²) in [5.74, 6) is 0.314. The zero-order valence-electron chi connectivity index (χ0n) is 10.4. The molecule has 94 valence electrons. The Bertz CT molecular complexity index is 535. The van der Waals surface area contributed by atoms with Gasteiger partial charge in [0.05, 0.1) is 7.11 Å². The molecular weight excluding hydrogens is 231 g/mol. The fourth-order valence-corrected chi connectivity index (χ4v) is 1.82. The highest BCUT2D eigenvalue weighted by Crippen LogP contribution is 2.26. The molecule has 0 fully saturated rings. The monoisotopic (exact) mass is 246 g/mol. The molecule has 18 heavy (non-hydrogen) atoms. The Hall–Kier alpha value is -1.87. The summed E-state index contributed by atoms with van der Waals surface area (Å²) in [4.78, 5) is 0. The summed E-state index contributed by atoms with van der Waals surface area (Å²) < 4.78 is 18.8. The van der Waals surface area contributed by atoms with Gasteiger partial charge < -0.3 is 9.84 Å². The minimum absolute atomic E-state index is 0.283. The second-order valence-corrected chi connectivity index (χ2v) is 4.20. The lowest BCUT2D eigenvalue weighted by Gasteiger charge is -2.13. The number of benzene rings is 2. The number of hydrogen-bond acceptors (Lipinski definition) is 2. The molecule has 1 atom stereocenters. The minimum Gasteiger partial charge on any atom is -0.497 e. The van der Waals surface area contributed by atoms with Crippen LogP contribution in [-0.4, -0.2) is 12.2 Å². The maximum Gasteiger partial charge on any atom is 0.129 e. The van der Waals surface area contributed by atoms with Gasteiger partial charge in [0.1, 0.15) is 17.7 Å². The first-order valence-corrected chi connectivity index (χ1v) is 5.70. The van der Waals surface area contributed by atoms with Crippen LogP contribution in [0.4, 0.5) is 4.39 Å². The van der Waals surface area contributed by atoms with E-state index >= 15 is 0 Å². The molecule has 0 heterocycles. The van der Waals surface area contributed by atoms with Gasteiger partial charge >= 0.3 is 0 Å². The number of halogens is 1. The van der Waals surface area contributed by atoms with E-state index in [2.05, 4.69) is 0 Å². The molecule has 0 aromatic heterocycles. The van der Waals surface area contributed by atoms with Crippen LogP contribution in [-0.2, 0) is 0 Å². The third kappa shape index (κ3) is 2.51. The van der Waals surface area contributed by atoms with Crippen LogP contribution in [0, 0.1) is 12.7 Å². The number of aliphatic hydroxyl groups excluding tert-OH is 1. The van der Waals surface area contributed by atoms with Crippen LogP contribution in [0.25, 0.3) is 0 Å². The van der Waals surface area contributed by atoms with Crippen LogP contribution in [0.5, 0.6) is 5.75 Å². The molecule has 2 rings (SSSR count). The Labute approximate surface area is 106 Å². The van der Waals surface area contributed by atoms with Crippen LogP contribution >= 0.6 is 0 Å². The summed E-state index contributed by atoms with van der Waals surface area (Å²) in [5.41, 5.74) is 1.75. The maximum absolute atomic E-state index is 13.7. The molecule has 0 radical (unpaired) electrons. The van der Waals surface area contributed by atoms with Gasteiger partial charge in [-0.05, 0) is 36.2 Å². The van der Waals surface area contributed by atoms with Crippen molar-refractivity contribution in [3.8, 4) is 5.75 Å². The van der Waals surface area contributed by atoms with Gasteiger partial charge in [0.25, 0.3) is 0 Å². The van der Waals surface area contributed by atoms with Crippen LogP contribution < -0.4 is 4.74 Å². The molecule has 0 saturated carbocycles. The third-order valence-corrected chi connectivity index (χ3v) is 2.88. The van der Waals surface area contributed by atoms with Crippen LogP contribution in [0.1, 0.15) is 22.8 Å². The second kappa shape index (κ2) is 5.19. The average Bonchev–Trinajstić information content (AvgIpc) is 2.38. The van der Waals surface area contributed by atoms with Gasteiger partial charge in [-0.2, -0.15) is 0 Å². The SMILES string of the molecule is COc1ccc(C(O)c2ccc(C)cc2F)cc1. The zero-order chi connectivity index (χ0) is 13.1. The standard InChI is InChI=1S/C15H15FO2/c1-10-3-8-13(14(16)9-10)15(17)11-4-6-12(18-2)7-5-11/h3-9,15,17H,1-2H3. The lowest BCUT2D eigenvalue weighted by atomic mass is 10.00. The molecule has 0 spiro atoms. The van der Waals surface area contributed by atoms with Crippen molar-refractivity contribution in [2.24, 2.45) is 0 Å². The number of methoxy groups -OCH3 is 1. The second-order valence-electron chi connectivity index (χ2n) is 4.20. The van der Waals surface area contributed by atoms with E-state index in [4.69, 9.17) is 4.74 Å². The summed E-state index contributed by atoms with van der Waals surface area (Å²) in [6, 6.07) is 11.7. The molecule has 0 aliphatic heterocycles. The lowest BCUT2D eigenvalue weighted by Crippen LogP contribution is -2.02. The molecule has 2 aromatic rings. The van der Waals surface area contributed by atoms with Gasteiger partial charge in [0.2, 0.25) is 0 Å². The van der Waals surface area contributed by atoms with Gasteiger partial charge in [-0.15, -0.1) is 0 Å². The maximum atomic E-state index is 13.7. The van der Waals surface area contributed by atoms with Gasteiger partial charge in [-0.3, -0.25) is 0 Å². The zero-order valence-corrected chi connectivity index (χ0v) is 10.4. The van der Waals surface area contributed by atoms with Crippen molar-refractivity contribution in [3.63, 3.8) is 0 Å². The molecule has 0 aliphatic rings. The number of hydrogen-bond donors (Lipinski definition) is 1. The van der Waals surface area contributed by atoms with Crippen molar-refractivity contribution in [2.75, 3.05) is 7.11 Å². The van der Waals surface area contributed by atoms with Crippen molar-refractivity contribution < 1.29 is 14.2 Å². The van der Waals surface area contributed by atoms with Crippen LogP contribution in [0.3, 0.4) is 0 Å². The molecule has 2 aromatic carbocycles. The van der Waals surface area contributed by atoms with E-state index in [-0.39, 0.29) is 5.56 Å². The van der Waals surface area contributed by atoms with E-state index in [1.807, 2.05) is 6.92 Å². The Kier molecular flexibility index (Phi) is 3.63. The van der Waals surface area contributed by atoms with Crippen molar-refractivity contribution in [1.29, 1.82) is 0 Å². The Balaban J connectivity index is 2.31. The highest BCUT2D eigenvalue weighted by molar-refractivity contribution is 5.35. The van der Waals surface area contributed by atoms with Crippen molar-refractivity contribution >= 4 is 0 Å². The lowest BCUT2D eigenvalue weighted by molar-refractivity contribution is 0.215. The average molecular weight is 246 g/mol. The van der Waals surface area contributed by atoms with E-state index in [1.54, 1.807) is 43.5 Å². The van der Waals surface area contributed by atoms with Crippen LogP contribution in [0.2, 0.25) is 0 Å². The molecular formula is C15H15FO2. The molecule has 0 amide bonds. The smallest absolute Gasteiger partial charge is 0.129 e. The van der Waals surface area contributed by atoms with Gasteiger partial charge in [0.15, 0.2) is 0 Å². The summed E-state index contributed by atoms with van der Waals surface area (Å²) in [6.07, 6.45) is -0.962. The third-order valence-electron chi connectivity index (χ3n) is 2.88.